The van der Waals surface area contributed by atoms with Crippen molar-refractivity contribution in [2.75, 3.05) is 44.7 Å². The molecule has 2 aromatic heterocycles. The van der Waals surface area contributed by atoms with E-state index in [9.17, 15) is 4.57 Å². The number of anilines is 4. The van der Waals surface area contributed by atoms with Gasteiger partial charge >= 0.3 is 0 Å². The van der Waals surface area contributed by atoms with E-state index in [-0.39, 0.29) is 0 Å². The lowest BCUT2D eigenvalue weighted by molar-refractivity contribution is 0.307. The average Bonchev–Trinajstić information content (AvgIpc) is 2.75. The SMILES string of the molecule is COc1nc2c(cc1Nc1ncc(Cl)c(Nc3cc[c]cc3P(C)(C)=O)n1)CN(C)CC2. The summed E-state index contributed by atoms with van der Waals surface area (Å²) in [5.41, 5.74) is 3.53. The monoisotopic (exact) mass is 471 g/mol. The number of ether oxygens (including phenoxy) is 1. The number of halogens is 1. The first-order valence-corrected chi connectivity index (χ1v) is 13.1. The van der Waals surface area contributed by atoms with Gasteiger partial charge in [-0.1, -0.05) is 17.7 Å². The highest BCUT2D eigenvalue weighted by atomic mass is 35.5. The molecule has 0 aliphatic carbocycles. The van der Waals surface area contributed by atoms with Crippen LogP contribution >= 0.6 is 18.7 Å². The fourth-order valence-electron chi connectivity index (χ4n) is 3.57. The van der Waals surface area contributed by atoms with Crippen molar-refractivity contribution in [2.24, 2.45) is 0 Å². The van der Waals surface area contributed by atoms with Gasteiger partial charge in [0.25, 0.3) is 0 Å². The minimum atomic E-state index is -2.53. The highest BCUT2D eigenvalue weighted by molar-refractivity contribution is 7.70. The molecule has 3 heterocycles. The number of fused-ring (bicyclic) bond motifs is 1. The van der Waals surface area contributed by atoms with Gasteiger partial charge in [0.15, 0.2) is 5.82 Å². The number of hydrogen-bond donors (Lipinski definition) is 2. The largest absolute Gasteiger partial charge is 0.480 e. The topological polar surface area (TPSA) is 92.3 Å². The van der Waals surface area contributed by atoms with E-state index in [1.165, 1.54) is 6.20 Å². The van der Waals surface area contributed by atoms with Crippen LogP contribution in [0.2, 0.25) is 5.02 Å². The van der Waals surface area contributed by atoms with Crippen LogP contribution in [0.4, 0.5) is 23.1 Å². The van der Waals surface area contributed by atoms with E-state index in [2.05, 4.69) is 43.6 Å². The Morgan fingerprint density at radius 3 is 2.81 bits per heavy atom. The van der Waals surface area contributed by atoms with E-state index >= 15 is 0 Å². The molecule has 0 saturated carbocycles. The third-order valence-corrected chi connectivity index (χ3v) is 6.99. The second-order valence-corrected chi connectivity index (χ2v) is 11.7. The van der Waals surface area contributed by atoms with Gasteiger partial charge in [0.05, 0.1) is 24.7 Å². The minimum absolute atomic E-state index is 0.335. The number of aromatic nitrogens is 3. The van der Waals surface area contributed by atoms with Gasteiger partial charge < -0.3 is 24.8 Å². The molecule has 1 aliphatic heterocycles. The second kappa shape index (κ2) is 9.06. The molecule has 32 heavy (non-hydrogen) atoms. The Balaban J connectivity index is 1.65. The molecule has 0 unspecified atom stereocenters. The Hall–Kier alpha value is -2.67. The highest BCUT2D eigenvalue weighted by Crippen LogP contribution is 2.38. The molecule has 167 valence electrons. The van der Waals surface area contributed by atoms with Gasteiger partial charge in [-0.25, -0.2) is 9.97 Å². The molecule has 1 aliphatic rings. The molecule has 0 bridgehead atoms. The summed E-state index contributed by atoms with van der Waals surface area (Å²) in [6, 6.07) is 10.3. The summed E-state index contributed by atoms with van der Waals surface area (Å²) in [5, 5.41) is 7.40. The van der Waals surface area contributed by atoms with Crippen LogP contribution in [0, 0.1) is 6.07 Å². The quantitative estimate of drug-likeness (QED) is 0.520. The van der Waals surface area contributed by atoms with Crippen molar-refractivity contribution in [3.8, 4) is 5.88 Å². The van der Waals surface area contributed by atoms with Gasteiger partial charge in [0.2, 0.25) is 11.8 Å². The second-order valence-electron chi connectivity index (χ2n) is 8.07. The lowest BCUT2D eigenvalue weighted by Crippen LogP contribution is -2.27. The van der Waals surface area contributed by atoms with Crippen molar-refractivity contribution in [1.29, 1.82) is 0 Å². The highest BCUT2D eigenvalue weighted by Gasteiger charge is 2.20. The number of hydrogen-bond acceptors (Lipinski definition) is 8. The number of pyridine rings is 1. The van der Waals surface area contributed by atoms with Crippen molar-refractivity contribution >= 4 is 47.2 Å². The molecule has 0 amide bonds. The number of nitrogens with zero attached hydrogens (tertiary/aromatic N) is 4. The standard InChI is InChI=1S/C22H25ClN6O2P/c1-29-10-9-16-14(13-29)11-18(21(26-16)31-2)27-22-24-12-15(23)20(28-22)25-17-7-5-6-8-19(17)32(3,4)30/h5,7-8,11-12H,9-10,13H2,1-4H3,(H2,24,25,27,28). The van der Waals surface area contributed by atoms with Crippen LogP contribution in [0.15, 0.2) is 30.5 Å². The fourth-order valence-corrected chi connectivity index (χ4v) is 4.81. The Labute approximate surface area is 192 Å². The molecule has 0 atom stereocenters. The van der Waals surface area contributed by atoms with Crippen molar-refractivity contribution in [3.05, 3.63) is 52.8 Å². The Morgan fingerprint density at radius 2 is 2.06 bits per heavy atom. The molecule has 0 fully saturated rings. The smallest absolute Gasteiger partial charge is 0.237 e. The maximum Gasteiger partial charge on any atom is 0.237 e. The molecule has 8 nitrogen and oxygen atoms in total. The van der Waals surface area contributed by atoms with Gasteiger partial charge in [-0.2, -0.15) is 4.98 Å². The lowest BCUT2D eigenvalue weighted by Gasteiger charge is -2.25. The van der Waals surface area contributed by atoms with E-state index in [0.29, 0.717) is 39.3 Å². The van der Waals surface area contributed by atoms with Crippen molar-refractivity contribution in [1.82, 2.24) is 19.9 Å². The van der Waals surface area contributed by atoms with E-state index in [1.54, 1.807) is 38.6 Å². The number of rotatable bonds is 6. The zero-order valence-electron chi connectivity index (χ0n) is 18.4. The van der Waals surface area contributed by atoms with Gasteiger partial charge in [-0.15, -0.1) is 0 Å². The van der Waals surface area contributed by atoms with Crippen LogP contribution in [-0.2, 0) is 17.5 Å². The average molecular weight is 472 g/mol. The Bertz CT molecular complexity index is 1200. The normalized spacial score (nSPS) is 14.0. The maximum absolute atomic E-state index is 12.7. The molecule has 0 saturated heterocycles. The summed E-state index contributed by atoms with van der Waals surface area (Å²) in [6.07, 6.45) is 2.39. The number of nitrogens with one attached hydrogen (secondary N) is 2. The Morgan fingerprint density at radius 1 is 1.25 bits per heavy atom. The molecule has 4 rings (SSSR count). The van der Waals surface area contributed by atoms with E-state index in [1.807, 2.05) is 6.07 Å². The van der Waals surface area contributed by atoms with Crippen LogP contribution in [0.25, 0.3) is 0 Å². The van der Waals surface area contributed by atoms with Crippen LogP contribution in [0.1, 0.15) is 11.3 Å². The van der Waals surface area contributed by atoms with Gasteiger partial charge in [0, 0.05) is 24.8 Å². The zero-order chi connectivity index (χ0) is 22.9. The first kappa shape index (κ1) is 22.5. The molecule has 2 N–H and O–H groups in total. The van der Waals surface area contributed by atoms with Crippen molar-refractivity contribution < 1.29 is 9.30 Å². The molecule has 3 aromatic rings. The molecule has 10 heteroatoms. The summed E-state index contributed by atoms with van der Waals surface area (Å²) in [6.45, 7) is 5.20. The number of benzene rings is 1. The first-order chi connectivity index (χ1) is 15.2. The lowest BCUT2D eigenvalue weighted by atomic mass is 10.1. The van der Waals surface area contributed by atoms with Crippen LogP contribution in [0.5, 0.6) is 5.88 Å². The van der Waals surface area contributed by atoms with Gasteiger partial charge in [-0.05, 0) is 50.2 Å². The van der Waals surface area contributed by atoms with Crippen molar-refractivity contribution in [3.63, 3.8) is 0 Å². The summed E-state index contributed by atoms with van der Waals surface area (Å²) in [7, 11) is 1.15. The van der Waals surface area contributed by atoms with E-state index in [0.717, 1.165) is 30.8 Å². The van der Waals surface area contributed by atoms with E-state index < -0.39 is 7.14 Å². The zero-order valence-corrected chi connectivity index (χ0v) is 20.1. The molecular formula is C22H25ClN6O2P. The minimum Gasteiger partial charge on any atom is -0.480 e. The Kier molecular flexibility index (Phi) is 6.38. The number of methoxy groups -OCH3 is 1. The first-order valence-electron chi connectivity index (χ1n) is 10.1. The van der Waals surface area contributed by atoms with Gasteiger partial charge in [0.1, 0.15) is 17.9 Å². The van der Waals surface area contributed by atoms with Crippen LogP contribution in [-0.4, -0.2) is 53.9 Å². The predicted molar refractivity (Wildman–Crippen MR) is 129 cm³/mol. The van der Waals surface area contributed by atoms with Crippen LogP contribution < -0.4 is 20.7 Å². The molecular weight excluding hydrogens is 447 g/mol. The third kappa shape index (κ3) is 4.88. The summed E-state index contributed by atoms with van der Waals surface area (Å²) >= 11 is 6.35. The number of likely N-dealkylation sites (N-methyl/N-ethyl adjacent to an activating group) is 1. The molecule has 0 spiro atoms. The van der Waals surface area contributed by atoms with Crippen molar-refractivity contribution in [2.45, 2.75) is 13.0 Å². The summed E-state index contributed by atoms with van der Waals surface area (Å²) in [5.74, 6) is 1.22. The maximum atomic E-state index is 12.7. The van der Waals surface area contributed by atoms with E-state index in [4.69, 9.17) is 16.3 Å². The molecule has 1 aromatic carbocycles. The molecule has 1 radical (unpaired) electrons. The predicted octanol–water partition coefficient (Wildman–Crippen LogP) is 4.06. The van der Waals surface area contributed by atoms with Gasteiger partial charge in [-0.3, -0.25) is 0 Å². The summed E-state index contributed by atoms with van der Waals surface area (Å²) < 4.78 is 18.2. The third-order valence-electron chi connectivity index (χ3n) is 5.19. The summed E-state index contributed by atoms with van der Waals surface area (Å²) in [4.78, 5) is 15.7. The fraction of sp³-hybridized carbons (Fsp3) is 0.318. The van der Waals surface area contributed by atoms with Crippen LogP contribution in [0.3, 0.4) is 0 Å².